The van der Waals surface area contributed by atoms with Crippen LogP contribution in [-0.2, 0) is 6.18 Å². The summed E-state index contributed by atoms with van der Waals surface area (Å²) in [5, 5.41) is 3.45. The van der Waals surface area contributed by atoms with Crippen molar-refractivity contribution >= 4 is 23.2 Å². The molecule has 0 bridgehead atoms. The molecule has 3 rings (SSSR count). The van der Waals surface area contributed by atoms with Gasteiger partial charge in [-0.15, -0.1) is 0 Å². The molecule has 4 nitrogen and oxygen atoms in total. The fourth-order valence-corrected chi connectivity index (χ4v) is 4.42. The molecule has 0 aliphatic heterocycles. The molecule has 0 atom stereocenters. The van der Waals surface area contributed by atoms with Gasteiger partial charge < -0.3 is 15.8 Å². The average molecular weight is 455 g/mol. The van der Waals surface area contributed by atoms with E-state index in [2.05, 4.69) is 5.32 Å². The zero-order chi connectivity index (χ0) is 22.6. The molecule has 1 amide bonds. The molecule has 8 heteroatoms. The van der Waals surface area contributed by atoms with E-state index in [1.165, 1.54) is 0 Å². The number of halogens is 4. The van der Waals surface area contributed by atoms with Crippen molar-refractivity contribution in [2.24, 2.45) is 11.7 Å². The van der Waals surface area contributed by atoms with Crippen LogP contribution in [0.2, 0.25) is 5.02 Å². The number of hydrogen-bond donors (Lipinski definition) is 2. The van der Waals surface area contributed by atoms with E-state index in [9.17, 15) is 18.0 Å². The number of ether oxygens (including phenoxy) is 1. The van der Waals surface area contributed by atoms with Crippen LogP contribution in [0.25, 0.3) is 0 Å². The number of carbonyl (C=O) groups excluding carboxylic acids is 1. The Labute approximate surface area is 184 Å². The molecule has 0 unspecified atom stereocenters. The Bertz CT molecular complexity index is 908. The van der Waals surface area contributed by atoms with Crippen molar-refractivity contribution in [2.75, 3.05) is 18.5 Å². The lowest BCUT2D eigenvalue weighted by Gasteiger charge is -2.30. The Morgan fingerprint density at radius 3 is 2.35 bits per heavy atom. The number of primary amides is 1. The number of rotatable bonds is 7. The topological polar surface area (TPSA) is 64.3 Å². The molecular weight excluding hydrogens is 429 g/mol. The number of benzene rings is 2. The number of amides is 1. The molecular formula is C23H26ClF3N2O2. The maximum absolute atomic E-state index is 13.3. The molecule has 0 heterocycles. The van der Waals surface area contributed by atoms with Gasteiger partial charge in [-0.3, -0.25) is 4.79 Å². The van der Waals surface area contributed by atoms with Crippen LogP contribution >= 0.6 is 11.6 Å². The highest BCUT2D eigenvalue weighted by Gasteiger charge is 2.34. The van der Waals surface area contributed by atoms with Gasteiger partial charge in [-0.1, -0.05) is 11.6 Å². The van der Waals surface area contributed by atoms with Gasteiger partial charge in [0.2, 0.25) is 5.91 Å². The summed E-state index contributed by atoms with van der Waals surface area (Å²) in [5.41, 5.74) is 5.46. The quantitative estimate of drug-likeness (QED) is 0.520. The Balaban J connectivity index is 1.63. The van der Waals surface area contributed by atoms with E-state index in [1.54, 1.807) is 0 Å². The fraction of sp³-hybridized carbons (Fsp3) is 0.435. The predicted molar refractivity (Wildman–Crippen MR) is 116 cm³/mol. The summed E-state index contributed by atoms with van der Waals surface area (Å²) in [4.78, 5) is 11.6. The Morgan fingerprint density at radius 2 is 1.81 bits per heavy atom. The van der Waals surface area contributed by atoms with Crippen LogP contribution < -0.4 is 15.8 Å². The number of hydrogen-bond acceptors (Lipinski definition) is 3. The van der Waals surface area contributed by atoms with Crippen molar-refractivity contribution in [3.8, 4) is 5.75 Å². The van der Waals surface area contributed by atoms with E-state index >= 15 is 0 Å². The first-order chi connectivity index (χ1) is 14.7. The summed E-state index contributed by atoms with van der Waals surface area (Å²) in [6, 6.07) is 9.55. The maximum atomic E-state index is 13.3. The van der Waals surface area contributed by atoms with Crippen molar-refractivity contribution in [3.63, 3.8) is 0 Å². The van der Waals surface area contributed by atoms with Gasteiger partial charge in [-0.25, -0.2) is 0 Å². The molecule has 1 aliphatic rings. The molecule has 1 fully saturated rings. The van der Waals surface area contributed by atoms with E-state index in [0.717, 1.165) is 43.0 Å². The minimum absolute atomic E-state index is 0.0384. The highest BCUT2D eigenvalue weighted by Crippen LogP contribution is 2.42. The number of nitrogens with one attached hydrogen (secondary N) is 1. The number of nitrogens with two attached hydrogens (primary N) is 1. The zero-order valence-electron chi connectivity index (χ0n) is 17.3. The van der Waals surface area contributed by atoms with Crippen molar-refractivity contribution in [3.05, 3.63) is 58.1 Å². The van der Waals surface area contributed by atoms with E-state index in [-0.39, 0.29) is 16.5 Å². The lowest BCUT2D eigenvalue weighted by atomic mass is 9.78. The molecule has 0 spiro atoms. The van der Waals surface area contributed by atoms with Gasteiger partial charge >= 0.3 is 6.18 Å². The molecule has 1 saturated carbocycles. The first-order valence-corrected chi connectivity index (χ1v) is 10.7. The number of alkyl halides is 3. The first kappa shape index (κ1) is 23.3. The van der Waals surface area contributed by atoms with Crippen LogP contribution in [-0.4, -0.2) is 19.1 Å². The third kappa shape index (κ3) is 5.85. The summed E-state index contributed by atoms with van der Waals surface area (Å²) >= 11 is 6.28. The monoisotopic (exact) mass is 454 g/mol. The van der Waals surface area contributed by atoms with Gasteiger partial charge in [0.25, 0.3) is 0 Å². The van der Waals surface area contributed by atoms with Gasteiger partial charge in [0, 0.05) is 12.2 Å². The van der Waals surface area contributed by atoms with Crippen LogP contribution in [0, 0.1) is 5.92 Å². The first-order valence-electron chi connectivity index (χ1n) is 10.4. The third-order valence-corrected chi connectivity index (χ3v) is 6.16. The summed E-state index contributed by atoms with van der Waals surface area (Å²) in [6.45, 7) is 3.33. The van der Waals surface area contributed by atoms with E-state index in [0.29, 0.717) is 30.9 Å². The molecule has 2 aromatic rings. The Morgan fingerprint density at radius 1 is 1.16 bits per heavy atom. The van der Waals surface area contributed by atoms with Crippen LogP contribution in [0.4, 0.5) is 18.9 Å². The molecule has 31 heavy (non-hydrogen) atoms. The number of carbonyl (C=O) groups is 1. The van der Waals surface area contributed by atoms with Gasteiger partial charge in [0.1, 0.15) is 5.75 Å². The fourth-order valence-electron chi connectivity index (χ4n) is 4.06. The lowest BCUT2D eigenvalue weighted by molar-refractivity contribution is -0.137. The van der Waals surface area contributed by atoms with Crippen LogP contribution in [0.15, 0.2) is 36.4 Å². The van der Waals surface area contributed by atoms with Crippen molar-refractivity contribution in [1.29, 1.82) is 0 Å². The molecule has 1 aliphatic carbocycles. The van der Waals surface area contributed by atoms with Crippen molar-refractivity contribution in [2.45, 2.75) is 44.7 Å². The molecule has 2 aromatic carbocycles. The highest BCUT2D eigenvalue weighted by molar-refractivity contribution is 6.34. The lowest BCUT2D eigenvalue weighted by Crippen LogP contribution is -2.22. The highest BCUT2D eigenvalue weighted by atomic mass is 35.5. The summed E-state index contributed by atoms with van der Waals surface area (Å²) in [5.74, 6) is 0.144. The van der Waals surface area contributed by atoms with Gasteiger partial charge in [-0.2, -0.15) is 13.2 Å². The van der Waals surface area contributed by atoms with Gasteiger partial charge in [0.05, 0.1) is 22.8 Å². The molecule has 0 radical (unpaired) electrons. The smallest absolute Gasteiger partial charge is 0.416 e. The van der Waals surface area contributed by atoms with Gasteiger partial charge in [-0.05, 0) is 86.4 Å². The third-order valence-electron chi connectivity index (χ3n) is 5.74. The molecule has 0 aromatic heterocycles. The molecule has 3 N–H and O–H groups in total. The minimum atomic E-state index is -4.57. The second kappa shape index (κ2) is 9.81. The standard InChI is InChI=1S/C23H26ClF3N2O2/c1-2-31-18-9-7-17(8-10-18)29-13-14-3-5-15(6-4-14)19-11-16(23(25,26)27)12-20(21(19)24)22(28)30/h7-12,14-15,29H,2-6,13H2,1H3,(H2,28,30). The zero-order valence-corrected chi connectivity index (χ0v) is 18.0. The largest absolute Gasteiger partial charge is 0.494 e. The van der Waals surface area contributed by atoms with Gasteiger partial charge in [0.15, 0.2) is 0 Å². The van der Waals surface area contributed by atoms with Crippen LogP contribution in [0.3, 0.4) is 0 Å². The Kier molecular flexibility index (Phi) is 7.36. The second-order valence-electron chi connectivity index (χ2n) is 7.84. The Hall–Kier alpha value is -2.41. The second-order valence-corrected chi connectivity index (χ2v) is 8.22. The summed E-state index contributed by atoms with van der Waals surface area (Å²) in [6.07, 6.45) is -1.45. The van der Waals surface area contributed by atoms with Crippen LogP contribution in [0.5, 0.6) is 5.75 Å². The minimum Gasteiger partial charge on any atom is -0.494 e. The van der Waals surface area contributed by atoms with Crippen LogP contribution in [0.1, 0.15) is 60.0 Å². The maximum Gasteiger partial charge on any atom is 0.416 e. The number of anilines is 1. The average Bonchev–Trinajstić information content (AvgIpc) is 2.73. The van der Waals surface area contributed by atoms with E-state index < -0.39 is 17.6 Å². The summed E-state index contributed by atoms with van der Waals surface area (Å²) in [7, 11) is 0. The predicted octanol–water partition coefficient (Wildman–Crippen LogP) is 6.24. The summed E-state index contributed by atoms with van der Waals surface area (Å²) < 4.78 is 45.3. The SMILES string of the molecule is CCOc1ccc(NCC2CCC(c3cc(C(F)(F)F)cc(C(N)=O)c3Cl)CC2)cc1. The molecule has 168 valence electrons. The van der Waals surface area contributed by atoms with Crippen molar-refractivity contribution < 1.29 is 22.7 Å². The van der Waals surface area contributed by atoms with E-state index in [4.69, 9.17) is 22.1 Å². The normalized spacial score (nSPS) is 19.1. The van der Waals surface area contributed by atoms with E-state index in [1.807, 2.05) is 31.2 Å². The van der Waals surface area contributed by atoms with Crippen molar-refractivity contribution in [1.82, 2.24) is 0 Å². The molecule has 0 saturated heterocycles.